The molecule has 3 rings (SSSR count). The van der Waals surface area contributed by atoms with Crippen LogP contribution in [0.1, 0.15) is 11.5 Å². The molecule has 0 saturated carbocycles. The second-order valence-corrected chi connectivity index (χ2v) is 3.27. The molecule has 0 saturated heterocycles. The summed E-state index contributed by atoms with van der Waals surface area (Å²) in [5.74, 6) is 0.752. The van der Waals surface area contributed by atoms with E-state index in [1.807, 2.05) is 0 Å². The van der Waals surface area contributed by atoms with Crippen molar-refractivity contribution in [2.45, 2.75) is 12.8 Å². The predicted molar refractivity (Wildman–Crippen MR) is 52.7 cm³/mol. The lowest BCUT2D eigenvalue weighted by Crippen LogP contribution is -1.88. The molecule has 0 aliphatic heterocycles. The molecule has 14 heavy (non-hydrogen) atoms. The molecule has 0 fully saturated rings. The van der Waals surface area contributed by atoms with E-state index < -0.39 is 0 Å². The van der Waals surface area contributed by atoms with Gasteiger partial charge in [-0.2, -0.15) is 4.98 Å². The third kappa shape index (κ3) is 1.63. The molecule has 2 aliphatic carbocycles. The SMILES string of the molecule is Cc1cc2ccc1=2.ClCc1ncno1. The summed E-state index contributed by atoms with van der Waals surface area (Å²) in [5.41, 5.74) is 1.44. The molecular formula is C10H9ClN2O. The summed E-state index contributed by atoms with van der Waals surface area (Å²) in [5, 5.41) is 6.24. The lowest BCUT2D eigenvalue weighted by molar-refractivity contribution is 0.389. The molecule has 2 aliphatic rings. The van der Waals surface area contributed by atoms with Gasteiger partial charge in [-0.15, -0.1) is 11.6 Å². The van der Waals surface area contributed by atoms with Crippen molar-refractivity contribution < 1.29 is 4.52 Å². The predicted octanol–water partition coefficient (Wildman–Crippen LogP) is 2.40. The van der Waals surface area contributed by atoms with Crippen LogP contribution in [0.2, 0.25) is 0 Å². The van der Waals surface area contributed by atoms with Gasteiger partial charge in [0.25, 0.3) is 0 Å². The number of nitrogens with zero attached hydrogens (tertiary/aromatic N) is 2. The molecule has 72 valence electrons. The fraction of sp³-hybridized carbons (Fsp3) is 0.200. The highest BCUT2D eigenvalue weighted by molar-refractivity contribution is 6.16. The van der Waals surface area contributed by atoms with Gasteiger partial charge in [0.15, 0.2) is 6.33 Å². The minimum Gasteiger partial charge on any atom is -0.338 e. The van der Waals surface area contributed by atoms with Crippen LogP contribution in [-0.2, 0) is 5.88 Å². The number of rotatable bonds is 1. The number of benzene rings is 1. The van der Waals surface area contributed by atoms with Gasteiger partial charge in [0, 0.05) is 0 Å². The molecule has 0 N–H and O–H groups in total. The standard InChI is InChI=1S/C7H6.C3H3ClN2O/c1-5-4-6-2-3-7(5)6;4-1-3-5-2-6-7-3/h2-4H,1H3;2H,1H2. The van der Waals surface area contributed by atoms with Gasteiger partial charge in [-0.05, 0) is 22.9 Å². The van der Waals surface area contributed by atoms with E-state index in [4.69, 9.17) is 11.6 Å². The van der Waals surface area contributed by atoms with Crippen LogP contribution in [0, 0.1) is 17.4 Å². The quantitative estimate of drug-likeness (QED) is 0.577. The molecule has 0 radical (unpaired) electrons. The van der Waals surface area contributed by atoms with E-state index in [0.29, 0.717) is 11.8 Å². The van der Waals surface area contributed by atoms with Crippen LogP contribution in [-0.4, -0.2) is 10.1 Å². The van der Waals surface area contributed by atoms with Crippen LogP contribution in [0.25, 0.3) is 0 Å². The molecule has 0 atom stereocenters. The van der Waals surface area contributed by atoms with Crippen LogP contribution < -0.4 is 0 Å². The second-order valence-electron chi connectivity index (χ2n) is 3.00. The Morgan fingerprint density at radius 3 is 2.43 bits per heavy atom. The third-order valence-electron chi connectivity index (χ3n) is 2.06. The van der Waals surface area contributed by atoms with Crippen LogP contribution in [0.4, 0.5) is 0 Å². The normalized spacial score (nSPS) is 10.4. The molecule has 0 bridgehead atoms. The van der Waals surface area contributed by atoms with Gasteiger partial charge in [0.05, 0.1) is 0 Å². The Morgan fingerprint density at radius 2 is 2.29 bits per heavy atom. The first-order chi connectivity index (χ1) is 6.81. The Labute approximate surface area is 86.0 Å². The minimum atomic E-state index is 0.292. The summed E-state index contributed by atoms with van der Waals surface area (Å²) in [4.78, 5) is 3.62. The zero-order chi connectivity index (χ0) is 9.97. The number of hydrogen-bond acceptors (Lipinski definition) is 3. The van der Waals surface area contributed by atoms with Crippen molar-refractivity contribution in [2.75, 3.05) is 0 Å². The van der Waals surface area contributed by atoms with Crippen molar-refractivity contribution in [1.29, 1.82) is 0 Å². The molecule has 0 unspecified atom stereocenters. The van der Waals surface area contributed by atoms with Crippen LogP contribution in [0.3, 0.4) is 0 Å². The van der Waals surface area contributed by atoms with E-state index in [0.717, 1.165) is 0 Å². The van der Waals surface area contributed by atoms with Crippen molar-refractivity contribution in [3.63, 3.8) is 0 Å². The number of hydrogen-bond donors (Lipinski definition) is 0. The zero-order valence-corrected chi connectivity index (χ0v) is 8.45. The van der Waals surface area contributed by atoms with Crippen molar-refractivity contribution in [1.82, 2.24) is 10.1 Å². The largest absolute Gasteiger partial charge is 0.338 e. The maximum atomic E-state index is 5.27. The Morgan fingerprint density at radius 1 is 1.43 bits per heavy atom. The fourth-order valence-electron chi connectivity index (χ4n) is 1.24. The van der Waals surface area contributed by atoms with Gasteiger partial charge in [0.1, 0.15) is 5.88 Å². The van der Waals surface area contributed by atoms with Crippen LogP contribution >= 0.6 is 11.6 Å². The summed E-state index contributed by atoms with van der Waals surface area (Å²) in [7, 11) is 0. The van der Waals surface area contributed by atoms with Crippen molar-refractivity contribution in [2.24, 2.45) is 0 Å². The maximum Gasteiger partial charge on any atom is 0.241 e. The highest BCUT2D eigenvalue weighted by atomic mass is 35.5. The topological polar surface area (TPSA) is 38.9 Å². The van der Waals surface area contributed by atoms with Crippen LogP contribution in [0.5, 0.6) is 0 Å². The molecule has 1 aromatic rings. The molecule has 3 nitrogen and oxygen atoms in total. The maximum absolute atomic E-state index is 5.27. The molecule has 0 amide bonds. The van der Waals surface area contributed by atoms with E-state index in [1.54, 1.807) is 0 Å². The fourth-order valence-corrected chi connectivity index (χ4v) is 1.35. The van der Waals surface area contributed by atoms with Crippen molar-refractivity contribution in [3.8, 4) is 0 Å². The molecule has 4 heteroatoms. The van der Waals surface area contributed by atoms with Gasteiger partial charge in [-0.3, -0.25) is 0 Å². The summed E-state index contributed by atoms with van der Waals surface area (Å²) in [6, 6.07) is 6.50. The lowest BCUT2D eigenvalue weighted by Gasteiger charge is -2.04. The first-order valence-corrected chi connectivity index (χ1v) is 4.77. The second kappa shape index (κ2) is 3.80. The molecule has 1 heterocycles. The monoisotopic (exact) mass is 208 g/mol. The highest BCUT2D eigenvalue weighted by Crippen LogP contribution is 2.12. The summed E-state index contributed by atoms with van der Waals surface area (Å²) in [6.45, 7) is 2.14. The van der Waals surface area contributed by atoms with Gasteiger partial charge < -0.3 is 4.52 Å². The summed E-state index contributed by atoms with van der Waals surface area (Å²) < 4.78 is 4.49. The van der Waals surface area contributed by atoms with E-state index in [2.05, 4.69) is 39.8 Å². The third-order valence-corrected chi connectivity index (χ3v) is 2.29. The minimum absolute atomic E-state index is 0.292. The first-order valence-electron chi connectivity index (χ1n) is 4.24. The van der Waals surface area contributed by atoms with E-state index in [1.165, 1.54) is 22.3 Å². The average molecular weight is 209 g/mol. The van der Waals surface area contributed by atoms with E-state index in [9.17, 15) is 0 Å². The molecule has 0 aromatic carbocycles. The molecular weight excluding hydrogens is 200 g/mol. The first kappa shape index (κ1) is 9.21. The van der Waals surface area contributed by atoms with Crippen LogP contribution in [0.15, 0.2) is 29.0 Å². The average Bonchev–Trinajstić information content (AvgIpc) is 2.67. The zero-order valence-electron chi connectivity index (χ0n) is 7.70. The number of alkyl halides is 1. The Balaban J connectivity index is 0.000000107. The van der Waals surface area contributed by atoms with Gasteiger partial charge in [0.2, 0.25) is 5.89 Å². The van der Waals surface area contributed by atoms with Gasteiger partial charge in [-0.25, -0.2) is 0 Å². The van der Waals surface area contributed by atoms with Crippen molar-refractivity contribution in [3.05, 3.63) is 46.4 Å². The van der Waals surface area contributed by atoms with Gasteiger partial charge in [-0.1, -0.05) is 23.4 Å². The number of halogens is 1. The molecule has 1 aromatic heterocycles. The Kier molecular flexibility index (Phi) is 2.50. The Bertz CT molecular complexity index is 507. The summed E-state index contributed by atoms with van der Waals surface area (Å²) in [6.07, 6.45) is 1.32. The van der Waals surface area contributed by atoms with E-state index >= 15 is 0 Å². The molecule has 0 spiro atoms. The number of aromatic nitrogens is 2. The smallest absolute Gasteiger partial charge is 0.241 e. The highest BCUT2D eigenvalue weighted by Gasteiger charge is 1.97. The Hall–Kier alpha value is -1.35. The van der Waals surface area contributed by atoms with Crippen molar-refractivity contribution >= 4 is 11.6 Å². The van der Waals surface area contributed by atoms with Gasteiger partial charge >= 0.3 is 0 Å². The summed E-state index contributed by atoms with van der Waals surface area (Å²) >= 11 is 5.27. The van der Waals surface area contributed by atoms with E-state index in [-0.39, 0.29) is 0 Å². The lowest BCUT2D eigenvalue weighted by atomic mass is 10.0. The number of aryl methyl sites for hydroxylation is 1.